The molecule has 0 saturated carbocycles. The summed E-state index contributed by atoms with van der Waals surface area (Å²) in [5.74, 6) is -1.40. The Morgan fingerprint density at radius 1 is 1.42 bits per heavy atom. The number of likely N-dealkylation sites (tertiary alicyclic amines) is 1. The number of nitrogen functional groups attached to an aromatic ring is 1. The highest BCUT2D eigenvalue weighted by atomic mass is 16.5. The fourth-order valence-corrected chi connectivity index (χ4v) is 2.27. The van der Waals surface area contributed by atoms with Crippen LogP contribution in [0.2, 0.25) is 0 Å². The second-order valence-electron chi connectivity index (χ2n) is 4.49. The van der Waals surface area contributed by atoms with Gasteiger partial charge in [-0.3, -0.25) is 4.79 Å². The second-order valence-corrected chi connectivity index (χ2v) is 4.49. The zero-order chi connectivity index (χ0) is 14.0. The molecule has 2 unspecified atom stereocenters. The number of nitrogens with zero attached hydrogens (tertiary/aromatic N) is 1. The van der Waals surface area contributed by atoms with E-state index in [1.807, 2.05) is 0 Å². The zero-order valence-corrected chi connectivity index (χ0v) is 10.6. The van der Waals surface area contributed by atoms with Gasteiger partial charge in [0, 0.05) is 25.8 Å². The van der Waals surface area contributed by atoms with Gasteiger partial charge < -0.3 is 20.5 Å². The number of methoxy groups -OCH3 is 1. The van der Waals surface area contributed by atoms with Crippen molar-refractivity contribution in [3.63, 3.8) is 0 Å². The predicted octanol–water partition coefficient (Wildman–Crippen LogP) is 0.583. The van der Waals surface area contributed by atoms with Crippen LogP contribution in [0.15, 0.2) is 24.3 Å². The fourth-order valence-electron chi connectivity index (χ4n) is 2.27. The number of rotatable bonds is 3. The summed E-state index contributed by atoms with van der Waals surface area (Å²) in [6.07, 6.45) is 0.0413. The van der Waals surface area contributed by atoms with Gasteiger partial charge in [-0.05, 0) is 12.1 Å². The third kappa shape index (κ3) is 2.53. The molecule has 0 aromatic heterocycles. The number of ether oxygens (including phenoxy) is 1. The van der Waals surface area contributed by atoms with E-state index in [0.29, 0.717) is 17.7 Å². The van der Waals surface area contributed by atoms with Crippen molar-refractivity contribution >= 4 is 17.6 Å². The van der Waals surface area contributed by atoms with Crippen LogP contribution in [0.25, 0.3) is 0 Å². The third-order valence-electron chi connectivity index (χ3n) is 3.33. The van der Waals surface area contributed by atoms with E-state index >= 15 is 0 Å². The van der Waals surface area contributed by atoms with E-state index in [1.54, 1.807) is 24.3 Å². The Kier molecular flexibility index (Phi) is 3.71. The molecule has 19 heavy (non-hydrogen) atoms. The molecule has 1 fully saturated rings. The molecule has 6 nitrogen and oxygen atoms in total. The van der Waals surface area contributed by atoms with Crippen molar-refractivity contribution in [1.29, 1.82) is 0 Å². The van der Waals surface area contributed by atoms with Crippen LogP contribution in [0.4, 0.5) is 5.69 Å². The van der Waals surface area contributed by atoms with Crippen LogP contribution in [0.3, 0.4) is 0 Å². The Hall–Kier alpha value is -2.08. The van der Waals surface area contributed by atoms with Crippen LogP contribution in [-0.2, 0) is 9.53 Å². The lowest BCUT2D eigenvalue weighted by Crippen LogP contribution is -2.40. The molecule has 2 rings (SSSR count). The average molecular weight is 264 g/mol. The summed E-state index contributed by atoms with van der Waals surface area (Å²) in [5.41, 5.74) is 6.42. The molecule has 102 valence electrons. The highest BCUT2D eigenvalue weighted by Crippen LogP contribution is 2.24. The van der Waals surface area contributed by atoms with Crippen LogP contribution in [0.1, 0.15) is 16.8 Å². The van der Waals surface area contributed by atoms with Crippen molar-refractivity contribution in [2.45, 2.75) is 18.6 Å². The fraction of sp³-hybridized carbons (Fsp3) is 0.385. The maximum absolute atomic E-state index is 12.4. The summed E-state index contributed by atoms with van der Waals surface area (Å²) in [5, 5.41) is 9.18. The number of carboxylic acid groups (broad SMARTS) is 1. The number of hydrogen-bond donors (Lipinski definition) is 2. The van der Waals surface area contributed by atoms with E-state index in [1.165, 1.54) is 12.0 Å². The van der Waals surface area contributed by atoms with Gasteiger partial charge >= 0.3 is 5.97 Å². The molecule has 1 aromatic carbocycles. The first-order valence-electron chi connectivity index (χ1n) is 5.95. The summed E-state index contributed by atoms with van der Waals surface area (Å²) < 4.78 is 5.15. The van der Waals surface area contributed by atoms with Crippen molar-refractivity contribution in [3.8, 4) is 0 Å². The van der Waals surface area contributed by atoms with E-state index < -0.39 is 12.0 Å². The summed E-state index contributed by atoms with van der Waals surface area (Å²) in [6, 6.07) is 5.77. The van der Waals surface area contributed by atoms with Crippen molar-refractivity contribution in [3.05, 3.63) is 29.8 Å². The minimum absolute atomic E-state index is 0.255. The average Bonchev–Trinajstić information content (AvgIpc) is 2.83. The highest BCUT2D eigenvalue weighted by Gasteiger charge is 2.40. The molecule has 0 radical (unpaired) electrons. The number of carbonyl (C=O) groups excluding carboxylic acids is 1. The van der Waals surface area contributed by atoms with E-state index in [2.05, 4.69) is 0 Å². The van der Waals surface area contributed by atoms with Crippen molar-refractivity contribution in [2.75, 3.05) is 19.4 Å². The molecule has 2 atom stereocenters. The first-order valence-corrected chi connectivity index (χ1v) is 5.95. The SMILES string of the molecule is COC1CC(C(=O)O)N(C(=O)c2ccccc2N)C1. The van der Waals surface area contributed by atoms with Crippen LogP contribution in [0.5, 0.6) is 0 Å². The Bertz CT molecular complexity index is 503. The van der Waals surface area contributed by atoms with Gasteiger partial charge in [0.1, 0.15) is 6.04 Å². The first-order chi connectivity index (χ1) is 9.04. The third-order valence-corrected chi connectivity index (χ3v) is 3.33. The summed E-state index contributed by atoms with van der Waals surface area (Å²) in [4.78, 5) is 24.9. The second kappa shape index (κ2) is 5.27. The Morgan fingerprint density at radius 2 is 2.11 bits per heavy atom. The maximum atomic E-state index is 12.4. The normalized spacial score (nSPS) is 22.5. The number of aliphatic carboxylic acids is 1. The van der Waals surface area contributed by atoms with Crippen molar-refractivity contribution < 1.29 is 19.4 Å². The van der Waals surface area contributed by atoms with E-state index in [4.69, 9.17) is 10.5 Å². The van der Waals surface area contributed by atoms with Gasteiger partial charge in [0.15, 0.2) is 0 Å². The number of benzene rings is 1. The van der Waals surface area contributed by atoms with Crippen molar-refractivity contribution in [2.24, 2.45) is 0 Å². The summed E-state index contributed by atoms with van der Waals surface area (Å²) >= 11 is 0. The number of anilines is 1. The highest BCUT2D eigenvalue weighted by molar-refractivity contribution is 6.01. The molecule has 0 bridgehead atoms. The molecule has 0 spiro atoms. The number of carboxylic acids is 1. The van der Waals surface area contributed by atoms with Crippen LogP contribution < -0.4 is 5.73 Å². The molecular weight excluding hydrogens is 248 g/mol. The van der Waals surface area contributed by atoms with Gasteiger partial charge in [-0.25, -0.2) is 4.79 Å². The lowest BCUT2D eigenvalue weighted by Gasteiger charge is -2.21. The molecule has 1 aromatic rings. The molecule has 1 saturated heterocycles. The molecule has 0 aliphatic carbocycles. The van der Waals surface area contributed by atoms with Crippen molar-refractivity contribution in [1.82, 2.24) is 4.90 Å². The largest absolute Gasteiger partial charge is 0.480 e. The lowest BCUT2D eigenvalue weighted by atomic mass is 10.1. The Morgan fingerprint density at radius 3 is 2.68 bits per heavy atom. The lowest BCUT2D eigenvalue weighted by molar-refractivity contribution is -0.141. The Balaban J connectivity index is 2.27. The topological polar surface area (TPSA) is 92.9 Å². The van der Waals surface area contributed by atoms with Gasteiger partial charge in [0.2, 0.25) is 0 Å². The van der Waals surface area contributed by atoms with E-state index in [9.17, 15) is 14.7 Å². The van der Waals surface area contributed by atoms with E-state index in [0.717, 1.165) is 0 Å². The molecule has 1 aliphatic rings. The predicted molar refractivity (Wildman–Crippen MR) is 68.7 cm³/mol. The van der Waals surface area contributed by atoms with Gasteiger partial charge in [-0.15, -0.1) is 0 Å². The van der Waals surface area contributed by atoms with Crippen LogP contribution in [0, 0.1) is 0 Å². The first kappa shape index (κ1) is 13.4. The van der Waals surface area contributed by atoms with Crippen LogP contribution >= 0.6 is 0 Å². The Labute approximate surface area is 110 Å². The molecule has 1 amide bonds. The van der Waals surface area contributed by atoms with E-state index in [-0.39, 0.29) is 18.6 Å². The van der Waals surface area contributed by atoms with Gasteiger partial charge in [0.05, 0.1) is 11.7 Å². The minimum Gasteiger partial charge on any atom is -0.480 e. The summed E-state index contributed by atoms with van der Waals surface area (Å²) in [6.45, 7) is 0.265. The molecule has 1 heterocycles. The minimum atomic E-state index is -1.03. The molecule has 6 heteroatoms. The van der Waals surface area contributed by atoms with Gasteiger partial charge in [-0.1, -0.05) is 12.1 Å². The smallest absolute Gasteiger partial charge is 0.326 e. The zero-order valence-electron chi connectivity index (χ0n) is 10.6. The summed E-state index contributed by atoms with van der Waals surface area (Å²) in [7, 11) is 1.51. The standard InChI is InChI=1S/C13H16N2O4/c1-19-8-6-11(13(17)18)15(7-8)12(16)9-4-2-3-5-10(9)14/h2-5,8,11H,6-7,14H2,1H3,(H,17,18). The number of amides is 1. The number of nitrogens with two attached hydrogens (primary N) is 1. The number of para-hydroxylation sites is 1. The molecule has 3 N–H and O–H groups in total. The quantitative estimate of drug-likeness (QED) is 0.779. The monoisotopic (exact) mass is 264 g/mol. The number of carbonyl (C=O) groups is 2. The molecular formula is C13H16N2O4. The maximum Gasteiger partial charge on any atom is 0.326 e. The number of hydrogen-bond acceptors (Lipinski definition) is 4. The van der Waals surface area contributed by atoms with Gasteiger partial charge in [-0.2, -0.15) is 0 Å². The van der Waals surface area contributed by atoms with Crippen LogP contribution in [-0.4, -0.2) is 47.7 Å². The van der Waals surface area contributed by atoms with Gasteiger partial charge in [0.25, 0.3) is 5.91 Å². The molecule has 1 aliphatic heterocycles.